The first-order valence-electron chi connectivity index (χ1n) is 15.1. The van der Waals surface area contributed by atoms with Crippen LogP contribution in [0.3, 0.4) is 0 Å². The van der Waals surface area contributed by atoms with Gasteiger partial charge in [-0.2, -0.15) is 0 Å². The lowest BCUT2D eigenvalue weighted by Crippen LogP contribution is -2.35. The molecule has 1 heterocycles. The van der Waals surface area contributed by atoms with E-state index in [4.69, 9.17) is 44.9 Å². The van der Waals surface area contributed by atoms with E-state index < -0.39 is 0 Å². The molecule has 10 heteroatoms. The van der Waals surface area contributed by atoms with Crippen molar-refractivity contribution in [2.24, 2.45) is 5.73 Å². The largest absolute Gasteiger partial charge is 0.397 e. The lowest BCUT2D eigenvalue weighted by Gasteiger charge is -2.23. The van der Waals surface area contributed by atoms with Crippen LogP contribution < -0.4 is 16.4 Å². The van der Waals surface area contributed by atoms with Gasteiger partial charge in [-0.05, 0) is 67.8 Å². The summed E-state index contributed by atoms with van der Waals surface area (Å²) < 4.78 is 5.11. The summed E-state index contributed by atoms with van der Waals surface area (Å²) in [4.78, 5) is 27.7. The van der Waals surface area contributed by atoms with Gasteiger partial charge >= 0.3 is 0 Å². The predicted octanol–water partition coefficient (Wildman–Crippen LogP) is 7.12. The van der Waals surface area contributed by atoms with Crippen molar-refractivity contribution in [3.63, 3.8) is 0 Å². The summed E-state index contributed by atoms with van der Waals surface area (Å²) in [7, 11) is 1.64. The second-order valence-corrected chi connectivity index (χ2v) is 10.6. The van der Waals surface area contributed by atoms with Gasteiger partial charge in [-0.25, -0.2) is 0 Å². The number of hydrogen-bond acceptors (Lipinski definition) is 7. The Morgan fingerprint density at radius 2 is 1.89 bits per heavy atom. The summed E-state index contributed by atoms with van der Waals surface area (Å²) in [6, 6.07) is 7.68. The van der Waals surface area contributed by atoms with Crippen LogP contribution in [-0.4, -0.2) is 68.4 Å². The van der Waals surface area contributed by atoms with Gasteiger partial charge < -0.3 is 30.8 Å². The molecule has 1 amide bonds. The zero-order valence-electron chi connectivity index (χ0n) is 27.9. The number of carbonyl (C=O) groups excluding carboxylic acids is 2. The maximum absolute atomic E-state index is 12.8. The van der Waals surface area contributed by atoms with Crippen molar-refractivity contribution in [3.8, 4) is 12.3 Å². The van der Waals surface area contributed by atoms with Gasteiger partial charge in [0.25, 0.3) is 0 Å². The third-order valence-electron chi connectivity index (χ3n) is 6.33. The number of alkyl halides is 1. The van der Waals surface area contributed by atoms with Gasteiger partial charge in [0.1, 0.15) is 6.79 Å². The van der Waals surface area contributed by atoms with Crippen molar-refractivity contribution >= 4 is 52.5 Å². The second-order valence-electron chi connectivity index (χ2n) is 9.86. The number of rotatable bonds is 18. The fourth-order valence-corrected chi connectivity index (χ4v) is 4.39. The molecule has 0 unspecified atom stereocenters. The monoisotopic (exact) mass is 681 g/mol. The molecule has 254 valence electrons. The number of carbonyl (C=O) groups is 2. The molecule has 0 fully saturated rings. The van der Waals surface area contributed by atoms with Crippen LogP contribution >= 0.6 is 23.2 Å². The van der Waals surface area contributed by atoms with E-state index in [1.165, 1.54) is 0 Å². The molecule has 4 N–H and O–H groups in total. The van der Waals surface area contributed by atoms with E-state index in [1.807, 2.05) is 56.2 Å². The highest BCUT2D eigenvalue weighted by atomic mass is 35.5. The molecule has 1 aromatic carbocycles. The lowest BCUT2D eigenvalue weighted by atomic mass is 10.1. The van der Waals surface area contributed by atoms with Crippen LogP contribution in [-0.2, 0) is 14.3 Å². The van der Waals surface area contributed by atoms with Crippen LogP contribution in [0.1, 0.15) is 31.9 Å². The fraction of sp³-hybridized carbons (Fsp3) is 0.324. The van der Waals surface area contributed by atoms with Gasteiger partial charge in [-0.15, -0.1) is 24.6 Å². The minimum atomic E-state index is -0.162. The van der Waals surface area contributed by atoms with Crippen molar-refractivity contribution in [1.82, 2.24) is 15.2 Å². The quantitative estimate of drug-likeness (QED) is 0.0665. The third-order valence-corrected chi connectivity index (χ3v) is 6.72. The number of benzene rings is 1. The van der Waals surface area contributed by atoms with E-state index in [0.29, 0.717) is 55.6 Å². The normalized spacial score (nSPS) is 11.6. The number of amides is 1. The maximum Gasteiger partial charge on any atom is 0.225 e. The van der Waals surface area contributed by atoms with Crippen LogP contribution in [0.15, 0.2) is 96.9 Å². The molecular weight excluding hydrogens is 633 g/mol. The van der Waals surface area contributed by atoms with Crippen molar-refractivity contribution in [2.75, 3.05) is 51.1 Å². The van der Waals surface area contributed by atoms with Gasteiger partial charge in [0.05, 0.1) is 23.5 Å². The highest BCUT2D eigenvalue weighted by molar-refractivity contribution is 6.31. The number of fused-ring (bicyclic) bond motifs is 1. The number of aryl methyl sites for hydroxylation is 1. The highest BCUT2D eigenvalue weighted by Gasteiger charge is 2.12. The molecule has 8 nitrogen and oxygen atoms in total. The van der Waals surface area contributed by atoms with Crippen LogP contribution in [0.5, 0.6) is 0 Å². The van der Waals surface area contributed by atoms with Gasteiger partial charge in [-0.3, -0.25) is 9.78 Å². The van der Waals surface area contributed by atoms with Crippen LogP contribution in [0.4, 0.5) is 5.69 Å². The number of allylic oxidation sites excluding steroid dienone is 6. The van der Waals surface area contributed by atoms with Gasteiger partial charge in [0.15, 0.2) is 0 Å². The Bertz CT molecular complexity index is 1430. The Balaban J connectivity index is 0.00000326. The Labute approximate surface area is 291 Å². The number of ether oxygens (including phenoxy) is 1. The highest BCUT2D eigenvalue weighted by Crippen LogP contribution is 2.26. The number of terminal acetylenes is 1. The van der Waals surface area contributed by atoms with Crippen LogP contribution in [0, 0.1) is 19.3 Å². The van der Waals surface area contributed by atoms with E-state index in [2.05, 4.69) is 46.5 Å². The standard InChI is InChI=1S/C32H39Cl2N5O2.C4H8.CH2O/c1-5-8-25(10-7-21-41-4)14-18-39(19-15-32(40)38-30(13-16-33)28(35)9-6-2)20-17-36-31-22-24(3)37-29-12-11-26(34)23-27(29)31;1-3-4-2;1-2/h1,6-13,22-23H,2,14-21,35H2,3-4H3,(H,36,37)(H,38,40);3H,1,4H2,2H3;1H2/b10-7-,25-8+,28-9+,30-13+;;. The molecule has 0 aliphatic heterocycles. The van der Waals surface area contributed by atoms with Crippen molar-refractivity contribution < 1.29 is 14.3 Å². The topological polar surface area (TPSA) is 110 Å². The Hall–Kier alpha value is -4.13. The average molecular weight is 683 g/mol. The van der Waals surface area contributed by atoms with Crippen molar-refractivity contribution in [3.05, 3.63) is 108 Å². The molecule has 0 saturated heterocycles. The number of nitrogens with two attached hydrogens (primary N) is 1. The molecule has 0 bridgehead atoms. The minimum absolute atomic E-state index is 0.162. The summed E-state index contributed by atoms with van der Waals surface area (Å²) in [5.74, 6) is 2.66. The van der Waals surface area contributed by atoms with E-state index in [1.54, 1.807) is 31.4 Å². The molecule has 0 spiro atoms. The summed E-state index contributed by atoms with van der Waals surface area (Å²) in [6.45, 7) is 16.2. The molecule has 1 aromatic heterocycles. The first kappa shape index (κ1) is 42.9. The van der Waals surface area contributed by atoms with Gasteiger partial charge in [0, 0.05) is 67.4 Å². The molecule has 0 aliphatic rings. The first-order valence-corrected chi connectivity index (χ1v) is 16.0. The third kappa shape index (κ3) is 18.6. The molecule has 0 atom stereocenters. The van der Waals surface area contributed by atoms with Crippen LogP contribution in [0.2, 0.25) is 5.02 Å². The van der Waals surface area contributed by atoms with Gasteiger partial charge in [-0.1, -0.05) is 55.3 Å². The Kier molecular flexibility index (Phi) is 24.7. The molecular formula is C37H49Cl2N5O3. The minimum Gasteiger partial charge on any atom is -0.397 e. The van der Waals surface area contributed by atoms with Crippen molar-refractivity contribution in [1.29, 1.82) is 0 Å². The molecule has 2 rings (SSSR count). The average Bonchev–Trinajstić information content (AvgIpc) is 3.06. The molecule has 0 radical (unpaired) electrons. The summed E-state index contributed by atoms with van der Waals surface area (Å²) >= 11 is 12.1. The molecule has 2 aromatic rings. The lowest BCUT2D eigenvalue weighted by molar-refractivity contribution is -0.120. The van der Waals surface area contributed by atoms with E-state index in [-0.39, 0.29) is 18.2 Å². The SMILES string of the molecule is C#C/C=C(\C=C/COC)CCN(CCNc1cc(C)nc2ccc(Cl)cc12)CCC(=O)NC(=C/CCl)/C(N)=C\C=C.C=CCC.C=O. The van der Waals surface area contributed by atoms with E-state index >= 15 is 0 Å². The van der Waals surface area contributed by atoms with Gasteiger partial charge in [0.2, 0.25) is 5.91 Å². The maximum atomic E-state index is 12.8. The number of methoxy groups -OCH3 is 1. The number of halogens is 2. The zero-order valence-corrected chi connectivity index (χ0v) is 29.4. The van der Waals surface area contributed by atoms with E-state index in [9.17, 15) is 4.79 Å². The summed E-state index contributed by atoms with van der Waals surface area (Å²) in [6.07, 6.45) is 20.0. The number of anilines is 1. The number of hydrogen-bond donors (Lipinski definition) is 3. The fourth-order valence-electron chi connectivity index (χ4n) is 4.06. The van der Waals surface area contributed by atoms with Crippen molar-refractivity contribution in [2.45, 2.75) is 33.1 Å². The number of nitrogens with one attached hydrogen (secondary N) is 2. The number of nitrogens with zero attached hydrogens (tertiary/aromatic N) is 2. The predicted molar refractivity (Wildman–Crippen MR) is 201 cm³/mol. The number of pyridine rings is 1. The Morgan fingerprint density at radius 3 is 2.51 bits per heavy atom. The molecule has 0 saturated carbocycles. The second kappa shape index (κ2) is 27.0. The summed E-state index contributed by atoms with van der Waals surface area (Å²) in [5.41, 5.74) is 10.7. The molecule has 47 heavy (non-hydrogen) atoms. The smallest absolute Gasteiger partial charge is 0.225 e. The number of aromatic nitrogens is 1. The van der Waals surface area contributed by atoms with E-state index in [0.717, 1.165) is 34.3 Å². The zero-order chi connectivity index (χ0) is 35.5. The first-order chi connectivity index (χ1) is 22.7. The molecule has 0 aliphatic carbocycles. The van der Waals surface area contributed by atoms with Crippen LogP contribution in [0.25, 0.3) is 10.9 Å². The Morgan fingerprint density at radius 1 is 1.19 bits per heavy atom. The summed E-state index contributed by atoms with van der Waals surface area (Å²) in [5, 5.41) is 8.00.